The van der Waals surface area contributed by atoms with Gasteiger partial charge in [0.15, 0.2) is 0 Å². The summed E-state index contributed by atoms with van der Waals surface area (Å²) in [6.07, 6.45) is 2.38. The molecule has 2 saturated carbocycles. The maximum atomic E-state index is 11.3. The number of rotatable bonds is 2. The van der Waals surface area contributed by atoms with E-state index in [2.05, 4.69) is 5.32 Å². The maximum absolute atomic E-state index is 11.3. The van der Waals surface area contributed by atoms with E-state index in [1.807, 2.05) is 0 Å². The number of amides is 1. The van der Waals surface area contributed by atoms with E-state index in [4.69, 9.17) is 39.5 Å². The Morgan fingerprint density at radius 2 is 2.00 bits per heavy atom. The number of halogens is 3. The first-order chi connectivity index (χ1) is 7.78. The molecule has 0 atom stereocenters. The second-order valence-corrected chi connectivity index (χ2v) is 7.35. The van der Waals surface area contributed by atoms with Crippen LogP contribution in [0.3, 0.4) is 0 Å². The molecule has 2 rings (SSSR count). The first-order valence-corrected chi connectivity index (χ1v) is 6.43. The second-order valence-electron chi connectivity index (χ2n) is 4.83. The predicted octanol–water partition coefficient (Wildman–Crippen LogP) is 2.59. The predicted molar refractivity (Wildman–Crippen MR) is 64.5 cm³/mol. The molecule has 2 fully saturated rings. The first kappa shape index (κ1) is 13.2. The van der Waals surface area contributed by atoms with Gasteiger partial charge in [-0.25, -0.2) is 4.79 Å². The Morgan fingerprint density at radius 1 is 1.41 bits per heavy atom. The average molecular weight is 301 g/mol. The van der Waals surface area contributed by atoms with Crippen molar-refractivity contribution < 1.29 is 14.3 Å². The molecular weight excluding hydrogens is 288 g/mol. The molecule has 0 saturated heterocycles. The van der Waals surface area contributed by atoms with Gasteiger partial charge in [0, 0.05) is 18.9 Å². The zero-order chi connectivity index (χ0) is 12.7. The Balaban J connectivity index is 1.63. The van der Waals surface area contributed by atoms with Crippen molar-refractivity contribution in [2.75, 3.05) is 6.61 Å². The third-order valence-corrected chi connectivity index (χ3v) is 3.52. The molecule has 0 unspecified atom stereocenters. The van der Waals surface area contributed by atoms with Gasteiger partial charge in [0.1, 0.15) is 12.4 Å². The number of ether oxygens (including phenoxy) is 1. The summed E-state index contributed by atoms with van der Waals surface area (Å²) in [5.41, 5.74) is 0.157. The van der Waals surface area contributed by atoms with Crippen LogP contribution in [-0.4, -0.2) is 28.3 Å². The smallest absolute Gasteiger partial charge is 0.407 e. The quantitative estimate of drug-likeness (QED) is 0.798. The number of ketones is 1. The fourth-order valence-corrected chi connectivity index (χ4v) is 2.68. The van der Waals surface area contributed by atoms with E-state index in [9.17, 15) is 9.59 Å². The lowest BCUT2D eigenvalue weighted by Crippen LogP contribution is -2.56. The molecule has 0 bridgehead atoms. The number of nitrogens with one attached hydrogen (secondary N) is 1. The summed E-state index contributed by atoms with van der Waals surface area (Å²) in [5, 5.41) is 2.68. The molecule has 17 heavy (non-hydrogen) atoms. The number of alkyl halides is 3. The van der Waals surface area contributed by atoms with Crippen molar-refractivity contribution in [3.05, 3.63) is 0 Å². The van der Waals surface area contributed by atoms with Crippen LogP contribution < -0.4 is 5.32 Å². The van der Waals surface area contributed by atoms with E-state index in [1.54, 1.807) is 0 Å². The van der Waals surface area contributed by atoms with Crippen molar-refractivity contribution in [1.82, 2.24) is 5.32 Å². The van der Waals surface area contributed by atoms with E-state index < -0.39 is 9.89 Å². The van der Waals surface area contributed by atoms with Gasteiger partial charge in [0.2, 0.25) is 3.79 Å². The highest BCUT2D eigenvalue weighted by Gasteiger charge is 2.53. The van der Waals surface area contributed by atoms with Crippen LogP contribution in [0.15, 0.2) is 0 Å². The fraction of sp³-hybridized carbons (Fsp3) is 0.800. The fourth-order valence-electron chi connectivity index (χ4n) is 2.52. The largest absolute Gasteiger partial charge is 0.445 e. The number of carbonyl (C=O) groups is 2. The molecule has 0 heterocycles. The number of hydrogen-bond donors (Lipinski definition) is 1. The van der Waals surface area contributed by atoms with Crippen molar-refractivity contribution in [2.45, 2.75) is 35.5 Å². The van der Waals surface area contributed by atoms with Crippen LogP contribution in [0.25, 0.3) is 0 Å². The summed E-state index contributed by atoms with van der Waals surface area (Å²) in [4.78, 5) is 22.2. The third-order valence-electron chi connectivity index (χ3n) is 3.19. The summed E-state index contributed by atoms with van der Waals surface area (Å²) in [7, 11) is 0. The molecule has 0 aromatic rings. The van der Waals surface area contributed by atoms with Crippen LogP contribution in [-0.2, 0) is 9.53 Å². The number of alkyl carbamates (subject to hydrolysis) is 1. The minimum atomic E-state index is -1.58. The van der Waals surface area contributed by atoms with Gasteiger partial charge in [-0.05, 0) is 18.3 Å². The van der Waals surface area contributed by atoms with E-state index in [-0.39, 0.29) is 18.1 Å². The molecule has 4 nitrogen and oxygen atoms in total. The van der Waals surface area contributed by atoms with Gasteiger partial charge in [-0.15, -0.1) is 0 Å². The highest BCUT2D eigenvalue weighted by atomic mass is 35.6. The second kappa shape index (κ2) is 4.48. The lowest BCUT2D eigenvalue weighted by Gasteiger charge is -2.52. The van der Waals surface area contributed by atoms with Crippen molar-refractivity contribution in [2.24, 2.45) is 5.41 Å². The van der Waals surface area contributed by atoms with Crippen LogP contribution >= 0.6 is 34.8 Å². The summed E-state index contributed by atoms with van der Waals surface area (Å²) in [5.74, 6) is 0.308. The molecule has 7 heteroatoms. The summed E-state index contributed by atoms with van der Waals surface area (Å²) < 4.78 is 3.16. The minimum absolute atomic E-state index is 0.0750. The Kier molecular flexibility index (Phi) is 3.49. The van der Waals surface area contributed by atoms with Gasteiger partial charge in [0.05, 0.1) is 0 Å². The molecule has 96 valence electrons. The monoisotopic (exact) mass is 299 g/mol. The number of Topliss-reactive ketones (excluding diaryl/α,β-unsaturated/α-hetero) is 1. The van der Waals surface area contributed by atoms with Gasteiger partial charge in [-0.3, -0.25) is 4.79 Å². The average Bonchev–Trinajstić information content (AvgIpc) is 2.08. The van der Waals surface area contributed by atoms with E-state index in [1.165, 1.54) is 0 Å². The van der Waals surface area contributed by atoms with Crippen LogP contribution in [0.1, 0.15) is 25.7 Å². The first-order valence-electron chi connectivity index (χ1n) is 5.30. The topological polar surface area (TPSA) is 55.4 Å². The zero-order valence-corrected chi connectivity index (χ0v) is 11.2. The summed E-state index contributed by atoms with van der Waals surface area (Å²) >= 11 is 16.3. The van der Waals surface area contributed by atoms with Gasteiger partial charge in [-0.1, -0.05) is 34.8 Å². The minimum Gasteiger partial charge on any atom is -0.445 e. The Hall–Kier alpha value is -0.190. The summed E-state index contributed by atoms with van der Waals surface area (Å²) in [6, 6.07) is 0.0750. The zero-order valence-electron chi connectivity index (χ0n) is 8.97. The van der Waals surface area contributed by atoms with Gasteiger partial charge in [-0.2, -0.15) is 0 Å². The van der Waals surface area contributed by atoms with Gasteiger partial charge in [0.25, 0.3) is 0 Å². The van der Waals surface area contributed by atoms with E-state index >= 15 is 0 Å². The van der Waals surface area contributed by atoms with Crippen molar-refractivity contribution in [1.29, 1.82) is 0 Å². The van der Waals surface area contributed by atoms with E-state index in [0.29, 0.717) is 18.6 Å². The molecule has 1 N–H and O–H groups in total. The van der Waals surface area contributed by atoms with Crippen molar-refractivity contribution >= 4 is 46.7 Å². The van der Waals surface area contributed by atoms with Crippen molar-refractivity contribution in [3.8, 4) is 0 Å². The van der Waals surface area contributed by atoms with E-state index in [0.717, 1.165) is 12.8 Å². The van der Waals surface area contributed by atoms with Gasteiger partial charge < -0.3 is 10.1 Å². The Bertz CT molecular complexity index is 337. The molecule has 1 spiro atoms. The van der Waals surface area contributed by atoms with Crippen LogP contribution in [0.4, 0.5) is 4.79 Å². The van der Waals surface area contributed by atoms with Crippen LogP contribution in [0, 0.1) is 5.41 Å². The van der Waals surface area contributed by atoms with Gasteiger partial charge >= 0.3 is 6.09 Å². The lowest BCUT2D eigenvalue weighted by atomic mass is 9.53. The lowest BCUT2D eigenvalue weighted by molar-refractivity contribution is -0.139. The molecule has 2 aliphatic rings. The number of hydrogen-bond acceptors (Lipinski definition) is 3. The molecular formula is C10H12Cl3NO3. The third kappa shape index (κ3) is 3.39. The standard InChI is InChI=1S/C10H12Cl3NO3/c11-10(12,13)5-17-8(16)14-6-1-9(2-6)3-7(15)4-9/h6H,1-5H2,(H,14,16). The highest BCUT2D eigenvalue weighted by Crippen LogP contribution is 2.53. The number of carbonyl (C=O) groups excluding carboxylic acids is 2. The summed E-state index contributed by atoms with van der Waals surface area (Å²) in [6.45, 7) is -0.278. The molecule has 2 aliphatic carbocycles. The molecule has 0 aromatic carbocycles. The SMILES string of the molecule is O=C1CC2(C1)CC(NC(=O)OCC(Cl)(Cl)Cl)C2. The Morgan fingerprint density at radius 3 is 2.47 bits per heavy atom. The normalized spacial score (nSPS) is 22.9. The Labute approximate surface area is 114 Å². The molecule has 0 radical (unpaired) electrons. The maximum Gasteiger partial charge on any atom is 0.407 e. The highest BCUT2D eigenvalue weighted by molar-refractivity contribution is 6.67. The molecule has 1 amide bonds. The molecule has 0 aliphatic heterocycles. The van der Waals surface area contributed by atoms with Crippen molar-refractivity contribution in [3.63, 3.8) is 0 Å². The molecule has 0 aromatic heterocycles. The van der Waals surface area contributed by atoms with Crippen LogP contribution in [0.2, 0.25) is 0 Å². The van der Waals surface area contributed by atoms with Crippen LogP contribution in [0.5, 0.6) is 0 Å².